The summed E-state index contributed by atoms with van der Waals surface area (Å²) in [5, 5.41) is 20.9. The number of benzene rings is 1. The zero-order chi connectivity index (χ0) is 17.4. The van der Waals surface area contributed by atoms with Crippen LogP contribution in [0.5, 0.6) is 0 Å². The number of aliphatic hydroxyl groups is 2. The molecule has 0 saturated carbocycles. The van der Waals surface area contributed by atoms with Crippen molar-refractivity contribution in [1.29, 1.82) is 0 Å². The molecule has 1 aliphatic rings. The molecule has 4 atom stereocenters. The minimum atomic E-state index is -1.03. The quantitative estimate of drug-likeness (QED) is 0.542. The molecule has 3 heterocycles. The van der Waals surface area contributed by atoms with Crippen LogP contribution in [-0.2, 0) is 10.5 Å². The average Bonchev–Trinajstić information content (AvgIpc) is 3.18. The van der Waals surface area contributed by atoms with Crippen LogP contribution in [-0.4, -0.2) is 48.0 Å². The number of hydrogen-bond donors (Lipinski definition) is 2. The standard InChI is InChI=1S/C17H18N4O3S/c1-10-13(22)14(23)17(24-10)21-9-20-12-15(21)18-8-19-16(12)25-7-11-5-3-2-4-6-11/h2-6,8-10,13-14,17,22-23H,7H2,1H3/t10-,13-,14-,17-/m1/s1. The lowest BCUT2D eigenvalue weighted by molar-refractivity contribution is -0.0299. The first-order valence-corrected chi connectivity index (χ1v) is 8.99. The predicted molar refractivity (Wildman–Crippen MR) is 92.9 cm³/mol. The number of nitrogens with zero attached hydrogens (tertiary/aromatic N) is 4. The molecule has 1 aromatic carbocycles. The van der Waals surface area contributed by atoms with Crippen molar-refractivity contribution in [3.05, 3.63) is 48.5 Å². The molecule has 4 rings (SSSR count). The lowest BCUT2D eigenvalue weighted by Gasteiger charge is -2.16. The van der Waals surface area contributed by atoms with Crippen molar-refractivity contribution in [3.63, 3.8) is 0 Å². The maximum Gasteiger partial charge on any atom is 0.166 e. The summed E-state index contributed by atoms with van der Waals surface area (Å²) < 4.78 is 7.32. The molecule has 0 aliphatic carbocycles. The molecule has 0 unspecified atom stereocenters. The number of ether oxygens (including phenoxy) is 1. The van der Waals surface area contributed by atoms with Gasteiger partial charge in [-0.2, -0.15) is 0 Å². The summed E-state index contributed by atoms with van der Waals surface area (Å²) in [6.07, 6.45) is -0.0679. The molecule has 130 valence electrons. The minimum Gasteiger partial charge on any atom is -0.388 e. The van der Waals surface area contributed by atoms with Crippen molar-refractivity contribution in [2.45, 2.75) is 42.2 Å². The van der Waals surface area contributed by atoms with Crippen molar-refractivity contribution in [3.8, 4) is 0 Å². The Labute approximate surface area is 148 Å². The van der Waals surface area contributed by atoms with Gasteiger partial charge in [-0.1, -0.05) is 42.1 Å². The fourth-order valence-electron chi connectivity index (χ4n) is 2.91. The van der Waals surface area contributed by atoms with Crippen molar-refractivity contribution >= 4 is 22.9 Å². The van der Waals surface area contributed by atoms with Crippen LogP contribution in [0.3, 0.4) is 0 Å². The van der Waals surface area contributed by atoms with Crippen LogP contribution in [0.2, 0.25) is 0 Å². The van der Waals surface area contributed by atoms with Crippen LogP contribution >= 0.6 is 11.8 Å². The summed E-state index contributed by atoms with van der Waals surface area (Å²) in [6.45, 7) is 1.73. The Morgan fingerprint density at radius 2 is 1.92 bits per heavy atom. The Morgan fingerprint density at radius 3 is 2.64 bits per heavy atom. The Hall–Kier alpha value is -2.00. The minimum absolute atomic E-state index is 0.453. The van der Waals surface area contributed by atoms with Crippen LogP contribution in [0.15, 0.2) is 48.0 Å². The molecule has 0 amide bonds. The molecular weight excluding hydrogens is 340 g/mol. The van der Waals surface area contributed by atoms with Gasteiger partial charge in [-0.15, -0.1) is 0 Å². The van der Waals surface area contributed by atoms with E-state index in [0.29, 0.717) is 11.2 Å². The highest BCUT2D eigenvalue weighted by atomic mass is 32.2. The fraction of sp³-hybridized carbons (Fsp3) is 0.353. The van der Waals surface area contributed by atoms with Crippen LogP contribution in [0.1, 0.15) is 18.7 Å². The Balaban J connectivity index is 1.62. The normalized spacial score (nSPS) is 26.4. The molecule has 1 saturated heterocycles. The van der Waals surface area contributed by atoms with E-state index in [9.17, 15) is 10.2 Å². The summed E-state index contributed by atoms with van der Waals surface area (Å²) in [5.74, 6) is 0.776. The highest BCUT2D eigenvalue weighted by Crippen LogP contribution is 2.33. The van der Waals surface area contributed by atoms with Crippen molar-refractivity contribution in [2.24, 2.45) is 0 Å². The van der Waals surface area contributed by atoms with Gasteiger partial charge in [0.15, 0.2) is 11.9 Å². The molecule has 2 N–H and O–H groups in total. The third-order valence-corrected chi connectivity index (χ3v) is 5.34. The number of hydrogen-bond acceptors (Lipinski definition) is 7. The number of fused-ring (bicyclic) bond motifs is 1. The van der Waals surface area contributed by atoms with Crippen molar-refractivity contribution in [1.82, 2.24) is 19.5 Å². The molecule has 1 fully saturated rings. The number of aliphatic hydroxyl groups excluding tert-OH is 2. The Bertz CT molecular complexity index is 873. The number of imidazole rings is 1. The van der Waals surface area contributed by atoms with Gasteiger partial charge in [0.25, 0.3) is 0 Å². The Kier molecular flexibility index (Phi) is 4.43. The summed E-state index contributed by atoms with van der Waals surface area (Å²) in [7, 11) is 0. The zero-order valence-corrected chi connectivity index (χ0v) is 14.4. The zero-order valence-electron chi connectivity index (χ0n) is 13.6. The second kappa shape index (κ2) is 6.72. The van der Waals surface area contributed by atoms with E-state index in [1.165, 1.54) is 11.9 Å². The van der Waals surface area contributed by atoms with E-state index in [4.69, 9.17) is 4.74 Å². The number of aromatic nitrogens is 4. The first-order chi connectivity index (χ1) is 12.1. The van der Waals surface area contributed by atoms with Gasteiger partial charge >= 0.3 is 0 Å². The third kappa shape index (κ3) is 3.02. The lowest BCUT2D eigenvalue weighted by Crippen LogP contribution is -2.30. The van der Waals surface area contributed by atoms with Gasteiger partial charge in [-0.25, -0.2) is 15.0 Å². The van der Waals surface area contributed by atoms with Gasteiger partial charge in [0.1, 0.15) is 29.1 Å². The van der Waals surface area contributed by atoms with E-state index in [0.717, 1.165) is 10.8 Å². The molecule has 1 aliphatic heterocycles. The van der Waals surface area contributed by atoms with E-state index in [-0.39, 0.29) is 0 Å². The first-order valence-electron chi connectivity index (χ1n) is 8.01. The van der Waals surface area contributed by atoms with Crippen molar-refractivity contribution < 1.29 is 14.9 Å². The second-order valence-corrected chi connectivity index (χ2v) is 6.95. The SMILES string of the molecule is C[C@H]1O[C@@H](n2cnc3c(SCc4ccccc4)ncnc32)[C@H](O)[C@@H]1O. The summed E-state index contributed by atoms with van der Waals surface area (Å²) >= 11 is 1.58. The lowest BCUT2D eigenvalue weighted by atomic mass is 10.1. The highest BCUT2D eigenvalue weighted by molar-refractivity contribution is 7.98. The van der Waals surface area contributed by atoms with E-state index in [2.05, 4.69) is 27.1 Å². The van der Waals surface area contributed by atoms with E-state index >= 15 is 0 Å². The van der Waals surface area contributed by atoms with Crippen molar-refractivity contribution in [2.75, 3.05) is 0 Å². The molecule has 2 aromatic heterocycles. The van der Waals surface area contributed by atoms with E-state index < -0.39 is 24.5 Å². The Morgan fingerprint density at radius 1 is 1.12 bits per heavy atom. The van der Waals surface area contributed by atoms with Gasteiger partial charge in [-0.05, 0) is 12.5 Å². The average molecular weight is 358 g/mol. The fourth-order valence-corrected chi connectivity index (χ4v) is 3.80. The topological polar surface area (TPSA) is 93.3 Å². The molecule has 0 bridgehead atoms. The monoisotopic (exact) mass is 358 g/mol. The van der Waals surface area contributed by atoms with Crippen LogP contribution in [0.25, 0.3) is 11.2 Å². The predicted octanol–water partition coefficient (Wildman–Crippen LogP) is 1.76. The smallest absolute Gasteiger partial charge is 0.166 e. The molecule has 8 heteroatoms. The highest BCUT2D eigenvalue weighted by Gasteiger charge is 2.42. The largest absolute Gasteiger partial charge is 0.388 e. The van der Waals surface area contributed by atoms with E-state index in [1.807, 2.05) is 18.2 Å². The van der Waals surface area contributed by atoms with Crippen LogP contribution in [0.4, 0.5) is 0 Å². The number of rotatable bonds is 4. The first kappa shape index (κ1) is 16.5. The second-order valence-electron chi connectivity index (χ2n) is 5.99. The molecule has 7 nitrogen and oxygen atoms in total. The summed E-state index contributed by atoms with van der Waals surface area (Å²) in [5.41, 5.74) is 2.44. The van der Waals surface area contributed by atoms with Gasteiger partial charge in [0.05, 0.1) is 12.4 Å². The van der Waals surface area contributed by atoms with Crippen LogP contribution in [0, 0.1) is 0 Å². The molecule has 0 spiro atoms. The van der Waals surface area contributed by atoms with Gasteiger partial charge < -0.3 is 14.9 Å². The molecule has 25 heavy (non-hydrogen) atoms. The molecule has 3 aromatic rings. The summed E-state index contributed by atoms with van der Waals surface area (Å²) in [6, 6.07) is 10.1. The van der Waals surface area contributed by atoms with Crippen LogP contribution < -0.4 is 0 Å². The molecule has 0 radical (unpaired) electrons. The number of thioether (sulfide) groups is 1. The molecular formula is C17H18N4O3S. The van der Waals surface area contributed by atoms with Gasteiger partial charge in [-0.3, -0.25) is 4.57 Å². The van der Waals surface area contributed by atoms with Gasteiger partial charge in [0.2, 0.25) is 0 Å². The third-order valence-electron chi connectivity index (χ3n) is 4.29. The maximum atomic E-state index is 10.2. The maximum absolute atomic E-state index is 10.2. The summed E-state index contributed by atoms with van der Waals surface area (Å²) in [4.78, 5) is 13.0. The van der Waals surface area contributed by atoms with E-state index in [1.54, 1.807) is 29.6 Å². The van der Waals surface area contributed by atoms with Gasteiger partial charge in [0, 0.05) is 5.75 Å².